The average Bonchev–Trinajstić information content (AvgIpc) is 2.66. The Bertz CT molecular complexity index is 471. The van der Waals surface area contributed by atoms with Gasteiger partial charge in [-0.05, 0) is 53.3 Å². The van der Waals surface area contributed by atoms with E-state index in [4.69, 9.17) is 0 Å². The molecular weight excluding hydrogens is 341 g/mol. The number of aliphatic hydroxyl groups excluding tert-OH is 1. The Hall–Kier alpha value is -0.180. The molecule has 0 bridgehead atoms. The van der Waals surface area contributed by atoms with Crippen molar-refractivity contribution in [2.24, 2.45) is 0 Å². The molecule has 1 aromatic carbocycles. The van der Waals surface area contributed by atoms with Crippen LogP contribution in [0, 0.1) is 3.57 Å². The fourth-order valence-electron chi connectivity index (χ4n) is 1.68. The van der Waals surface area contributed by atoms with E-state index >= 15 is 0 Å². The van der Waals surface area contributed by atoms with Crippen LogP contribution in [-0.2, 0) is 10.0 Å². The van der Waals surface area contributed by atoms with Crippen LogP contribution in [0.5, 0.6) is 0 Å². The first-order valence-electron chi connectivity index (χ1n) is 4.94. The summed E-state index contributed by atoms with van der Waals surface area (Å²) in [7, 11) is -3.42. The van der Waals surface area contributed by atoms with Crippen molar-refractivity contribution >= 4 is 32.6 Å². The highest BCUT2D eigenvalue weighted by molar-refractivity contribution is 14.1. The highest BCUT2D eigenvalue weighted by Gasteiger charge is 2.31. The molecule has 1 N–H and O–H groups in total. The molecule has 0 amide bonds. The molecule has 1 aromatic rings. The van der Waals surface area contributed by atoms with Gasteiger partial charge < -0.3 is 5.11 Å². The minimum absolute atomic E-state index is 0.203. The van der Waals surface area contributed by atoms with E-state index in [-0.39, 0.29) is 6.54 Å². The summed E-state index contributed by atoms with van der Waals surface area (Å²) in [6.07, 6.45) is -0.0116. The van der Waals surface area contributed by atoms with Crippen molar-refractivity contribution in [2.75, 3.05) is 13.1 Å². The van der Waals surface area contributed by atoms with Crippen LogP contribution in [0.2, 0.25) is 0 Å². The maximum absolute atomic E-state index is 12.1. The molecule has 1 saturated heterocycles. The first kappa shape index (κ1) is 12.3. The number of nitrogens with zero attached hydrogens (tertiary/aromatic N) is 1. The molecule has 1 aliphatic heterocycles. The summed E-state index contributed by atoms with van der Waals surface area (Å²) >= 11 is 2.13. The van der Waals surface area contributed by atoms with Gasteiger partial charge in [-0.15, -0.1) is 0 Å². The zero-order valence-electron chi connectivity index (χ0n) is 8.51. The number of β-amino-alcohol motifs (C(OH)–C–C–N with tert-alkyl or cyclic N) is 1. The topological polar surface area (TPSA) is 57.6 Å². The van der Waals surface area contributed by atoms with Gasteiger partial charge >= 0.3 is 0 Å². The van der Waals surface area contributed by atoms with E-state index in [1.165, 1.54) is 4.31 Å². The van der Waals surface area contributed by atoms with E-state index in [0.717, 1.165) is 3.57 Å². The number of benzene rings is 1. The van der Waals surface area contributed by atoms with Crippen LogP contribution in [0.4, 0.5) is 0 Å². The van der Waals surface area contributed by atoms with Gasteiger partial charge in [0, 0.05) is 16.7 Å². The van der Waals surface area contributed by atoms with Gasteiger partial charge in [0.2, 0.25) is 10.0 Å². The number of hydrogen-bond acceptors (Lipinski definition) is 3. The van der Waals surface area contributed by atoms with Crippen molar-refractivity contribution < 1.29 is 13.5 Å². The van der Waals surface area contributed by atoms with Gasteiger partial charge in [0.1, 0.15) is 0 Å². The lowest BCUT2D eigenvalue weighted by Gasteiger charge is -2.15. The molecule has 1 atom stereocenters. The molecule has 0 unspecified atom stereocenters. The molecular formula is C10H12INO3S. The minimum Gasteiger partial charge on any atom is -0.392 e. The number of hydrogen-bond donors (Lipinski definition) is 1. The fraction of sp³-hybridized carbons (Fsp3) is 0.400. The molecule has 16 heavy (non-hydrogen) atoms. The highest BCUT2D eigenvalue weighted by Crippen LogP contribution is 2.21. The van der Waals surface area contributed by atoms with Gasteiger partial charge in [-0.3, -0.25) is 0 Å². The molecule has 6 heteroatoms. The quantitative estimate of drug-likeness (QED) is 0.809. The molecule has 1 aliphatic rings. The molecule has 4 nitrogen and oxygen atoms in total. The standard InChI is InChI=1S/C10H12INO3S/c11-8-1-3-10(4-2-8)16(14,15)12-6-5-9(13)7-12/h1-4,9,13H,5-7H2/t9-/m0/s1. The Morgan fingerprint density at radius 1 is 1.31 bits per heavy atom. The Balaban J connectivity index is 2.29. The SMILES string of the molecule is O=S(=O)(c1ccc(I)cc1)N1CC[C@H](O)C1. The third-order valence-electron chi connectivity index (χ3n) is 2.58. The summed E-state index contributed by atoms with van der Waals surface area (Å²) in [5.74, 6) is 0. The van der Waals surface area contributed by atoms with E-state index in [1.807, 2.05) is 0 Å². The van der Waals surface area contributed by atoms with E-state index < -0.39 is 16.1 Å². The predicted molar refractivity (Wildman–Crippen MR) is 68.5 cm³/mol. The van der Waals surface area contributed by atoms with Crippen LogP contribution in [0.25, 0.3) is 0 Å². The molecule has 0 saturated carbocycles. The van der Waals surface area contributed by atoms with E-state index in [9.17, 15) is 13.5 Å². The molecule has 1 fully saturated rings. The van der Waals surface area contributed by atoms with Crippen LogP contribution in [0.1, 0.15) is 6.42 Å². The lowest BCUT2D eigenvalue weighted by molar-refractivity contribution is 0.189. The minimum atomic E-state index is -3.42. The van der Waals surface area contributed by atoms with Crippen LogP contribution < -0.4 is 0 Å². The Morgan fingerprint density at radius 3 is 2.44 bits per heavy atom. The number of halogens is 1. The monoisotopic (exact) mass is 353 g/mol. The third-order valence-corrected chi connectivity index (χ3v) is 5.18. The largest absolute Gasteiger partial charge is 0.392 e. The number of aliphatic hydroxyl groups is 1. The number of rotatable bonds is 2. The van der Waals surface area contributed by atoms with E-state index in [1.54, 1.807) is 24.3 Å². The van der Waals surface area contributed by atoms with Gasteiger partial charge in [0.05, 0.1) is 11.0 Å². The summed E-state index contributed by atoms with van der Waals surface area (Å²) in [5.41, 5.74) is 0. The maximum Gasteiger partial charge on any atom is 0.243 e. The first-order valence-corrected chi connectivity index (χ1v) is 7.46. The normalized spacial score (nSPS) is 22.5. The van der Waals surface area contributed by atoms with Crippen molar-refractivity contribution in [3.05, 3.63) is 27.8 Å². The molecule has 0 aromatic heterocycles. The first-order chi connectivity index (χ1) is 7.50. The second-order valence-corrected chi connectivity index (χ2v) is 6.94. The van der Waals surface area contributed by atoms with Crippen molar-refractivity contribution in [3.8, 4) is 0 Å². The Morgan fingerprint density at radius 2 is 1.94 bits per heavy atom. The van der Waals surface area contributed by atoms with E-state index in [0.29, 0.717) is 17.9 Å². The van der Waals surface area contributed by atoms with Gasteiger partial charge in [0.25, 0.3) is 0 Å². The van der Waals surface area contributed by atoms with Crippen molar-refractivity contribution in [1.82, 2.24) is 4.31 Å². The lowest BCUT2D eigenvalue weighted by atomic mass is 10.3. The zero-order valence-corrected chi connectivity index (χ0v) is 11.5. The summed E-state index contributed by atoms with van der Waals surface area (Å²) in [6.45, 7) is 0.601. The Labute approximate surface area is 108 Å². The van der Waals surface area contributed by atoms with Crippen LogP contribution in [0.3, 0.4) is 0 Å². The van der Waals surface area contributed by atoms with Crippen molar-refractivity contribution in [1.29, 1.82) is 0 Å². The lowest BCUT2D eigenvalue weighted by Crippen LogP contribution is -2.29. The van der Waals surface area contributed by atoms with Crippen molar-refractivity contribution in [3.63, 3.8) is 0 Å². The maximum atomic E-state index is 12.1. The smallest absolute Gasteiger partial charge is 0.243 e. The van der Waals surface area contributed by atoms with Crippen LogP contribution >= 0.6 is 22.6 Å². The van der Waals surface area contributed by atoms with Gasteiger partial charge in [-0.1, -0.05) is 0 Å². The van der Waals surface area contributed by atoms with E-state index in [2.05, 4.69) is 22.6 Å². The van der Waals surface area contributed by atoms with Crippen LogP contribution in [0.15, 0.2) is 29.2 Å². The second-order valence-electron chi connectivity index (χ2n) is 3.76. The zero-order chi connectivity index (χ0) is 11.8. The third kappa shape index (κ3) is 2.39. The molecule has 2 rings (SSSR count). The number of sulfonamides is 1. The average molecular weight is 353 g/mol. The molecule has 0 radical (unpaired) electrons. The highest BCUT2D eigenvalue weighted by atomic mass is 127. The predicted octanol–water partition coefficient (Wildman–Crippen LogP) is 1.05. The van der Waals surface area contributed by atoms with Gasteiger partial charge in [0.15, 0.2) is 0 Å². The molecule has 88 valence electrons. The summed E-state index contributed by atoms with van der Waals surface area (Å²) in [4.78, 5) is 0.294. The second kappa shape index (κ2) is 4.59. The molecule has 0 spiro atoms. The molecule has 1 heterocycles. The Kier molecular flexibility index (Phi) is 3.53. The summed E-state index contributed by atoms with van der Waals surface area (Å²) in [5, 5.41) is 9.35. The summed E-state index contributed by atoms with van der Waals surface area (Å²) < 4.78 is 26.5. The summed E-state index contributed by atoms with van der Waals surface area (Å²) in [6, 6.07) is 6.73. The fourth-order valence-corrected chi connectivity index (χ4v) is 3.54. The van der Waals surface area contributed by atoms with Gasteiger partial charge in [-0.25, -0.2) is 8.42 Å². The van der Waals surface area contributed by atoms with Crippen LogP contribution in [-0.4, -0.2) is 37.0 Å². The van der Waals surface area contributed by atoms with Gasteiger partial charge in [-0.2, -0.15) is 4.31 Å². The van der Waals surface area contributed by atoms with Crippen molar-refractivity contribution in [2.45, 2.75) is 17.4 Å². The molecule has 0 aliphatic carbocycles.